The van der Waals surface area contributed by atoms with Crippen molar-refractivity contribution in [1.82, 2.24) is 0 Å². The van der Waals surface area contributed by atoms with Crippen LogP contribution in [-0.4, -0.2) is 0 Å². The first-order chi connectivity index (χ1) is 5.88. The molecule has 2 fully saturated rings. The highest BCUT2D eigenvalue weighted by Crippen LogP contribution is 2.43. The third-order valence-electron chi connectivity index (χ3n) is 3.94. The summed E-state index contributed by atoms with van der Waals surface area (Å²) in [6.45, 7) is 2.40. The van der Waals surface area contributed by atoms with Gasteiger partial charge in [0.2, 0.25) is 0 Å². The van der Waals surface area contributed by atoms with Crippen LogP contribution in [0.3, 0.4) is 0 Å². The Kier molecular flexibility index (Phi) is 2.73. The summed E-state index contributed by atoms with van der Waals surface area (Å²) in [5, 5.41) is 0. The maximum absolute atomic E-state index is 2.40. The summed E-state index contributed by atoms with van der Waals surface area (Å²) in [4.78, 5) is 0. The minimum absolute atomic E-state index is 1.03. The van der Waals surface area contributed by atoms with E-state index in [-0.39, 0.29) is 0 Å². The highest BCUT2D eigenvalue weighted by atomic mass is 14.4. The normalized spacial score (nSPS) is 34.2. The minimum Gasteiger partial charge on any atom is -0.0588 e. The van der Waals surface area contributed by atoms with E-state index in [4.69, 9.17) is 0 Å². The Bertz CT molecular complexity index is 133. The maximum Gasteiger partial charge on any atom is -0.0238 e. The Balaban J connectivity index is 1.89. The van der Waals surface area contributed by atoms with Gasteiger partial charge in [-0.15, -0.1) is 0 Å². The van der Waals surface area contributed by atoms with Crippen molar-refractivity contribution in [2.75, 3.05) is 0 Å². The lowest BCUT2D eigenvalue weighted by atomic mass is 9.76. The molecule has 1 unspecified atom stereocenters. The van der Waals surface area contributed by atoms with E-state index < -0.39 is 0 Å². The zero-order chi connectivity index (χ0) is 8.39. The van der Waals surface area contributed by atoms with Crippen molar-refractivity contribution in [2.45, 2.75) is 58.3 Å². The molecule has 1 radical (unpaired) electrons. The molecule has 0 bridgehead atoms. The van der Waals surface area contributed by atoms with Gasteiger partial charge >= 0.3 is 0 Å². The second-order valence-electron chi connectivity index (χ2n) is 4.74. The van der Waals surface area contributed by atoms with Crippen LogP contribution in [0, 0.1) is 17.8 Å². The molecule has 0 amide bonds. The fourth-order valence-corrected chi connectivity index (χ4v) is 3.21. The molecule has 0 aliphatic heterocycles. The molecule has 69 valence electrons. The Morgan fingerprint density at radius 2 is 1.67 bits per heavy atom. The van der Waals surface area contributed by atoms with Crippen molar-refractivity contribution >= 4 is 0 Å². The molecule has 0 aromatic heterocycles. The number of rotatable bonds is 1. The lowest BCUT2D eigenvalue weighted by Gasteiger charge is -2.29. The van der Waals surface area contributed by atoms with Crippen molar-refractivity contribution in [3.8, 4) is 0 Å². The van der Waals surface area contributed by atoms with E-state index in [2.05, 4.69) is 6.92 Å². The molecule has 0 heteroatoms. The Morgan fingerprint density at radius 3 is 2.25 bits per heavy atom. The summed E-state index contributed by atoms with van der Waals surface area (Å²) in [5.41, 5.74) is 0. The maximum atomic E-state index is 2.40. The van der Waals surface area contributed by atoms with Crippen LogP contribution in [0.2, 0.25) is 0 Å². The molecule has 2 saturated carbocycles. The third kappa shape index (κ3) is 1.67. The van der Waals surface area contributed by atoms with E-state index in [0.717, 1.165) is 11.8 Å². The molecule has 0 N–H and O–H groups in total. The van der Waals surface area contributed by atoms with Gasteiger partial charge < -0.3 is 0 Å². The topological polar surface area (TPSA) is 0 Å². The Labute approximate surface area is 76.7 Å². The molecule has 0 aromatic rings. The summed E-state index contributed by atoms with van der Waals surface area (Å²) in [5.74, 6) is 3.94. The first kappa shape index (κ1) is 8.59. The van der Waals surface area contributed by atoms with Crippen LogP contribution < -0.4 is 0 Å². The van der Waals surface area contributed by atoms with Crippen LogP contribution in [0.4, 0.5) is 0 Å². The Morgan fingerprint density at radius 1 is 0.917 bits per heavy atom. The van der Waals surface area contributed by atoms with Crippen LogP contribution in [0.1, 0.15) is 58.3 Å². The predicted molar refractivity (Wildman–Crippen MR) is 52.8 cm³/mol. The van der Waals surface area contributed by atoms with Gasteiger partial charge in [0.15, 0.2) is 0 Å². The monoisotopic (exact) mass is 165 g/mol. The van der Waals surface area contributed by atoms with Crippen LogP contribution in [-0.2, 0) is 0 Å². The molecule has 0 nitrogen and oxygen atoms in total. The van der Waals surface area contributed by atoms with Gasteiger partial charge in [-0.1, -0.05) is 45.4 Å². The summed E-state index contributed by atoms with van der Waals surface area (Å²) in [7, 11) is 0. The van der Waals surface area contributed by atoms with Gasteiger partial charge in [-0.3, -0.25) is 0 Å². The molecular weight excluding hydrogens is 144 g/mol. The Hall–Kier alpha value is 0. The molecule has 2 aliphatic rings. The van der Waals surface area contributed by atoms with Crippen LogP contribution in [0.5, 0.6) is 0 Å². The van der Waals surface area contributed by atoms with Gasteiger partial charge in [0, 0.05) is 0 Å². The van der Waals surface area contributed by atoms with Crippen molar-refractivity contribution < 1.29 is 0 Å². The average molecular weight is 165 g/mol. The van der Waals surface area contributed by atoms with Crippen LogP contribution >= 0.6 is 0 Å². The largest absolute Gasteiger partial charge is 0.0588 e. The smallest absolute Gasteiger partial charge is 0.0238 e. The first-order valence-corrected chi connectivity index (χ1v) is 5.70. The zero-order valence-electron chi connectivity index (χ0n) is 8.31. The van der Waals surface area contributed by atoms with Crippen LogP contribution in [0.15, 0.2) is 0 Å². The highest BCUT2D eigenvalue weighted by molar-refractivity contribution is 5.00. The van der Waals surface area contributed by atoms with Crippen LogP contribution in [0.25, 0.3) is 0 Å². The van der Waals surface area contributed by atoms with Gasteiger partial charge in [-0.2, -0.15) is 0 Å². The molecule has 0 spiro atoms. The van der Waals surface area contributed by atoms with E-state index in [1.807, 2.05) is 5.92 Å². The van der Waals surface area contributed by atoms with E-state index in [1.54, 1.807) is 0 Å². The summed E-state index contributed by atoms with van der Waals surface area (Å²) in [6, 6.07) is 0. The van der Waals surface area contributed by atoms with E-state index in [0.29, 0.717) is 0 Å². The molecule has 1 atom stereocenters. The van der Waals surface area contributed by atoms with Gasteiger partial charge in [-0.25, -0.2) is 0 Å². The highest BCUT2D eigenvalue weighted by Gasteiger charge is 2.31. The zero-order valence-corrected chi connectivity index (χ0v) is 8.31. The van der Waals surface area contributed by atoms with Crippen molar-refractivity contribution in [2.24, 2.45) is 11.8 Å². The van der Waals surface area contributed by atoms with E-state index in [9.17, 15) is 0 Å². The van der Waals surface area contributed by atoms with Crippen molar-refractivity contribution in [3.05, 3.63) is 5.92 Å². The number of hydrogen-bond donors (Lipinski definition) is 0. The van der Waals surface area contributed by atoms with Gasteiger partial charge in [0.05, 0.1) is 0 Å². The molecule has 0 aromatic carbocycles. The summed E-state index contributed by atoms with van der Waals surface area (Å²) < 4.78 is 0. The van der Waals surface area contributed by atoms with Crippen molar-refractivity contribution in [1.29, 1.82) is 0 Å². The molecular formula is C12H21. The third-order valence-corrected chi connectivity index (χ3v) is 3.94. The number of hydrogen-bond acceptors (Lipinski definition) is 0. The second-order valence-corrected chi connectivity index (χ2v) is 4.74. The molecule has 0 saturated heterocycles. The van der Waals surface area contributed by atoms with Gasteiger partial charge in [-0.05, 0) is 30.6 Å². The molecule has 12 heavy (non-hydrogen) atoms. The second kappa shape index (κ2) is 3.81. The molecule has 2 aliphatic carbocycles. The lowest BCUT2D eigenvalue weighted by Crippen LogP contribution is -2.18. The van der Waals surface area contributed by atoms with Gasteiger partial charge in [0.1, 0.15) is 0 Å². The minimum atomic E-state index is 1.03. The van der Waals surface area contributed by atoms with E-state index >= 15 is 0 Å². The molecule has 2 rings (SSSR count). The first-order valence-electron chi connectivity index (χ1n) is 5.70. The predicted octanol–water partition coefficient (Wildman–Crippen LogP) is 3.96. The average Bonchev–Trinajstić information content (AvgIpc) is 2.53. The quantitative estimate of drug-likeness (QED) is 0.551. The van der Waals surface area contributed by atoms with Crippen molar-refractivity contribution in [3.63, 3.8) is 0 Å². The fourth-order valence-electron chi connectivity index (χ4n) is 3.21. The lowest BCUT2D eigenvalue weighted by molar-refractivity contribution is 0.265. The van der Waals surface area contributed by atoms with E-state index in [1.165, 1.54) is 51.4 Å². The fraction of sp³-hybridized carbons (Fsp3) is 0.917. The van der Waals surface area contributed by atoms with Gasteiger partial charge in [0.25, 0.3) is 0 Å². The standard InChI is InChI=1S/C12H21/c1-10-6-5-9-12(10)11-7-3-2-4-8-11/h11-12H,2-9H2,1H3. The summed E-state index contributed by atoms with van der Waals surface area (Å²) >= 11 is 0. The SMILES string of the molecule is C[C]1CCCC1C1CCCCC1. The summed E-state index contributed by atoms with van der Waals surface area (Å²) in [6.07, 6.45) is 12.0. The molecule has 0 heterocycles.